The number of halogens is 3. The quantitative estimate of drug-likeness (QED) is 0.934. The monoisotopic (exact) mass is 286 g/mol. The first-order chi connectivity index (χ1) is 8.61. The van der Waals surface area contributed by atoms with E-state index < -0.39 is 5.82 Å². The van der Waals surface area contributed by atoms with Crippen molar-refractivity contribution < 1.29 is 9.13 Å². The van der Waals surface area contributed by atoms with Crippen molar-refractivity contribution in [3.63, 3.8) is 0 Å². The van der Waals surface area contributed by atoms with E-state index in [2.05, 4.69) is 4.98 Å². The molecule has 0 amide bonds. The van der Waals surface area contributed by atoms with Gasteiger partial charge in [-0.2, -0.15) is 0 Å². The lowest BCUT2D eigenvalue weighted by Gasteiger charge is -2.10. The SMILES string of the molecule is NCc1cc(F)cnc1Oc1cccc(Cl)c1Cl. The van der Waals surface area contributed by atoms with Gasteiger partial charge >= 0.3 is 0 Å². The summed E-state index contributed by atoms with van der Waals surface area (Å²) in [5, 5.41) is 0.638. The van der Waals surface area contributed by atoms with E-state index in [0.29, 0.717) is 16.3 Å². The van der Waals surface area contributed by atoms with Gasteiger partial charge in [-0.05, 0) is 18.2 Å². The van der Waals surface area contributed by atoms with Gasteiger partial charge in [0.1, 0.15) is 16.6 Å². The van der Waals surface area contributed by atoms with Gasteiger partial charge in [-0.3, -0.25) is 0 Å². The first-order valence-corrected chi connectivity index (χ1v) is 5.83. The van der Waals surface area contributed by atoms with Crippen LogP contribution < -0.4 is 10.5 Å². The Morgan fingerprint density at radius 1 is 1.33 bits per heavy atom. The van der Waals surface area contributed by atoms with Crippen LogP contribution in [0.4, 0.5) is 4.39 Å². The molecule has 0 aliphatic rings. The fourth-order valence-electron chi connectivity index (χ4n) is 1.37. The lowest BCUT2D eigenvalue weighted by atomic mass is 10.2. The van der Waals surface area contributed by atoms with E-state index in [1.807, 2.05) is 0 Å². The van der Waals surface area contributed by atoms with Crippen LogP contribution in [0.5, 0.6) is 11.6 Å². The Kier molecular flexibility index (Phi) is 4.01. The lowest BCUT2D eigenvalue weighted by Crippen LogP contribution is -2.02. The van der Waals surface area contributed by atoms with Crippen LogP contribution in [0.3, 0.4) is 0 Å². The third-order valence-electron chi connectivity index (χ3n) is 2.23. The highest BCUT2D eigenvalue weighted by atomic mass is 35.5. The maximum atomic E-state index is 13.0. The molecule has 0 fully saturated rings. The molecule has 0 saturated carbocycles. The van der Waals surface area contributed by atoms with Crippen LogP contribution in [-0.4, -0.2) is 4.98 Å². The highest BCUT2D eigenvalue weighted by molar-refractivity contribution is 6.42. The van der Waals surface area contributed by atoms with Gasteiger partial charge in [0.15, 0.2) is 0 Å². The van der Waals surface area contributed by atoms with E-state index in [1.165, 1.54) is 6.07 Å². The molecule has 0 aliphatic carbocycles. The maximum absolute atomic E-state index is 13.0. The molecular formula is C12H9Cl2FN2O. The second kappa shape index (κ2) is 5.52. The summed E-state index contributed by atoms with van der Waals surface area (Å²) in [5.41, 5.74) is 5.95. The number of nitrogens with zero attached hydrogens (tertiary/aromatic N) is 1. The molecule has 0 unspecified atom stereocenters. The molecule has 2 N–H and O–H groups in total. The molecule has 2 rings (SSSR count). The van der Waals surface area contributed by atoms with Crippen LogP contribution in [0.1, 0.15) is 5.56 Å². The average Bonchev–Trinajstić information content (AvgIpc) is 2.37. The van der Waals surface area contributed by atoms with E-state index in [4.69, 9.17) is 33.7 Å². The van der Waals surface area contributed by atoms with E-state index in [0.717, 1.165) is 6.20 Å². The number of pyridine rings is 1. The number of ether oxygens (including phenoxy) is 1. The zero-order valence-electron chi connectivity index (χ0n) is 9.16. The molecule has 0 radical (unpaired) electrons. The predicted octanol–water partition coefficient (Wildman–Crippen LogP) is 3.78. The third kappa shape index (κ3) is 2.72. The van der Waals surface area contributed by atoms with Crippen LogP contribution in [0.25, 0.3) is 0 Å². The summed E-state index contributed by atoms with van der Waals surface area (Å²) >= 11 is 11.8. The predicted molar refractivity (Wildman–Crippen MR) is 68.6 cm³/mol. The van der Waals surface area contributed by atoms with Gasteiger partial charge in [0, 0.05) is 12.1 Å². The molecular weight excluding hydrogens is 278 g/mol. The molecule has 0 aliphatic heterocycles. The zero-order chi connectivity index (χ0) is 13.1. The summed E-state index contributed by atoms with van der Waals surface area (Å²) in [5.74, 6) is 0.0843. The van der Waals surface area contributed by atoms with Crippen LogP contribution >= 0.6 is 23.2 Å². The number of nitrogens with two attached hydrogens (primary N) is 1. The maximum Gasteiger partial charge on any atom is 0.223 e. The minimum atomic E-state index is -0.472. The van der Waals surface area contributed by atoms with Crippen LogP contribution in [0, 0.1) is 5.82 Å². The molecule has 6 heteroatoms. The van der Waals surface area contributed by atoms with Crippen molar-refractivity contribution in [1.29, 1.82) is 0 Å². The van der Waals surface area contributed by atoms with Crippen molar-refractivity contribution in [3.05, 3.63) is 51.9 Å². The molecule has 0 bridgehead atoms. The smallest absolute Gasteiger partial charge is 0.223 e. The van der Waals surface area contributed by atoms with Crippen LogP contribution in [-0.2, 0) is 6.54 Å². The number of rotatable bonds is 3. The summed E-state index contributed by atoms with van der Waals surface area (Å²) in [7, 11) is 0. The minimum absolute atomic E-state index is 0.109. The summed E-state index contributed by atoms with van der Waals surface area (Å²) in [6.07, 6.45) is 1.05. The molecule has 0 saturated heterocycles. The second-order valence-electron chi connectivity index (χ2n) is 3.48. The average molecular weight is 287 g/mol. The number of aromatic nitrogens is 1. The fraction of sp³-hybridized carbons (Fsp3) is 0.0833. The van der Waals surface area contributed by atoms with Gasteiger partial charge in [-0.1, -0.05) is 29.3 Å². The van der Waals surface area contributed by atoms with Gasteiger partial charge in [0.05, 0.1) is 11.2 Å². The number of benzene rings is 1. The zero-order valence-corrected chi connectivity index (χ0v) is 10.7. The highest BCUT2D eigenvalue weighted by Crippen LogP contribution is 2.34. The molecule has 1 aromatic heterocycles. The summed E-state index contributed by atoms with van der Waals surface area (Å²) in [6, 6.07) is 6.23. The Labute approximate surface area is 113 Å². The van der Waals surface area contributed by atoms with Crippen LogP contribution in [0.15, 0.2) is 30.5 Å². The largest absolute Gasteiger partial charge is 0.437 e. The van der Waals surface area contributed by atoms with Gasteiger partial charge < -0.3 is 10.5 Å². The Bertz CT molecular complexity index is 578. The van der Waals surface area contributed by atoms with E-state index in [1.54, 1.807) is 18.2 Å². The molecule has 1 heterocycles. The van der Waals surface area contributed by atoms with Gasteiger partial charge in [0.2, 0.25) is 5.88 Å². The summed E-state index contributed by atoms with van der Waals surface area (Å²) in [4.78, 5) is 3.84. The van der Waals surface area contributed by atoms with E-state index in [-0.39, 0.29) is 17.4 Å². The van der Waals surface area contributed by atoms with Crippen molar-refractivity contribution in [1.82, 2.24) is 4.98 Å². The summed E-state index contributed by atoms with van der Waals surface area (Å²) < 4.78 is 18.5. The minimum Gasteiger partial charge on any atom is -0.437 e. The van der Waals surface area contributed by atoms with Crippen LogP contribution in [0.2, 0.25) is 10.0 Å². The molecule has 18 heavy (non-hydrogen) atoms. The molecule has 0 spiro atoms. The standard InChI is InChI=1S/C12H9Cl2FN2O/c13-9-2-1-3-10(11(9)14)18-12-7(5-16)4-8(15)6-17-12/h1-4,6H,5,16H2. The van der Waals surface area contributed by atoms with E-state index in [9.17, 15) is 4.39 Å². The molecule has 1 aromatic carbocycles. The van der Waals surface area contributed by atoms with E-state index >= 15 is 0 Å². The van der Waals surface area contributed by atoms with Crippen molar-refractivity contribution in [2.75, 3.05) is 0 Å². The number of hydrogen-bond acceptors (Lipinski definition) is 3. The molecule has 94 valence electrons. The third-order valence-corrected chi connectivity index (χ3v) is 3.04. The van der Waals surface area contributed by atoms with Crippen molar-refractivity contribution in [2.24, 2.45) is 5.73 Å². The Hall–Kier alpha value is -1.36. The highest BCUT2D eigenvalue weighted by Gasteiger charge is 2.11. The lowest BCUT2D eigenvalue weighted by molar-refractivity contribution is 0.452. The molecule has 0 atom stereocenters. The number of hydrogen-bond donors (Lipinski definition) is 1. The Morgan fingerprint density at radius 2 is 2.11 bits per heavy atom. The molecule has 3 nitrogen and oxygen atoms in total. The first kappa shape index (κ1) is 13.1. The fourth-order valence-corrected chi connectivity index (χ4v) is 1.70. The van der Waals surface area contributed by atoms with Gasteiger partial charge in [-0.15, -0.1) is 0 Å². The van der Waals surface area contributed by atoms with Gasteiger partial charge in [0.25, 0.3) is 0 Å². The Balaban J connectivity index is 2.37. The Morgan fingerprint density at radius 3 is 2.83 bits per heavy atom. The van der Waals surface area contributed by atoms with Crippen molar-refractivity contribution in [2.45, 2.75) is 6.54 Å². The van der Waals surface area contributed by atoms with Crippen molar-refractivity contribution in [3.8, 4) is 11.6 Å². The van der Waals surface area contributed by atoms with Gasteiger partial charge in [-0.25, -0.2) is 9.37 Å². The second-order valence-corrected chi connectivity index (χ2v) is 4.26. The molecule has 2 aromatic rings. The summed E-state index contributed by atoms with van der Waals surface area (Å²) in [6.45, 7) is 0.109. The van der Waals surface area contributed by atoms with Crippen molar-refractivity contribution >= 4 is 23.2 Å². The topological polar surface area (TPSA) is 48.1 Å². The first-order valence-electron chi connectivity index (χ1n) is 5.08. The normalized spacial score (nSPS) is 10.4.